The number of nitrogens with one attached hydrogen (secondary N) is 4. The summed E-state index contributed by atoms with van der Waals surface area (Å²) in [6.07, 6.45) is 13.7. The molecule has 8 heterocycles. The molecule has 0 atom stereocenters. The van der Waals surface area contributed by atoms with Gasteiger partial charge in [-0.1, -0.05) is 36.4 Å². The number of carbonyl (C=O) groups is 1. The van der Waals surface area contributed by atoms with Gasteiger partial charge in [-0.3, -0.25) is 9.97 Å². The van der Waals surface area contributed by atoms with Crippen LogP contribution in [0.4, 0.5) is 20.4 Å². The number of halogens is 2. The van der Waals surface area contributed by atoms with Gasteiger partial charge in [0.05, 0.1) is 42.8 Å². The van der Waals surface area contributed by atoms with Crippen LogP contribution >= 0.6 is 0 Å². The maximum Gasteiger partial charge on any atom is 0.341 e. The first-order valence-corrected chi connectivity index (χ1v) is 19.2. The third-order valence-electron chi connectivity index (χ3n) is 10.2. The third-order valence-corrected chi connectivity index (χ3v) is 10.2. The number of aromatic carboxylic acids is 1. The van der Waals surface area contributed by atoms with E-state index in [4.69, 9.17) is 0 Å². The van der Waals surface area contributed by atoms with Crippen molar-refractivity contribution in [1.29, 1.82) is 0 Å². The monoisotopic (exact) mass is 818 g/mol. The van der Waals surface area contributed by atoms with Gasteiger partial charge < -0.3 is 30.8 Å². The third kappa shape index (κ3) is 7.92. The molecule has 0 bridgehead atoms. The van der Waals surface area contributed by atoms with Crippen LogP contribution in [0.15, 0.2) is 122 Å². The molecule has 0 unspecified atom stereocenters. The highest BCUT2D eigenvalue weighted by atomic mass is 19.1. The number of para-hydroxylation sites is 2. The number of carboxylic acid groups (broad SMARTS) is 1. The number of fused-ring (bicyclic) bond motifs is 4. The molecule has 17 heteroatoms. The van der Waals surface area contributed by atoms with Gasteiger partial charge in [0.15, 0.2) is 11.3 Å². The highest BCUT2D eigenvalue weighted by Gasteiger charge is 2.18. The van der Waals surface area contributed by atoms with Crippen molar-refractivity contribution < 1.29 is 23.8 Å². The number of benzene rings is 2. The Morgan fingerprint density at radius 1 is 0.639 bits per heavy atom. The lowest BCUT2D eigenvalue weighted by Gasteiger charge is -2.11. The average Bonchev–Trinajstić information content (AvgIpc) is 4.09. The summed E-state index contributed by atoms with van der Waals surface area (Å²) in [5.41, 5.74) is 7.77. The predicted octanol–water partition coefficient (Wildman–Crippen LogP) is 7.32. The number of nitrogens with zero attached hydrogens (tertiary/aromatic N) is 8. The van der Waals surface area contributed by atoms with Gasteiger partial charge in [0.25, 0.3) is 0 Å². The molecular weight excluding hydrogens is 783 g/mol. The summed E-state index contributed by atoms with van der Waals surface area (Å²) >= 11 is 0. The molecule has 0 amide bonds. The van der Waals surface area contributed by atoms with Crippen molar-refractivity contribution in [2.24, 2.45) is 0 Å². The molecule has 0 saturated heterocycles. The average molecular weight is 819 g/mol. The molecule has 6 N–H and O–H groups in total. The number of aromatic amines is 2. The maximum absolute atomic E-state index is 13.7. The number of aromatic nitrogens is 10. The maximum atomic E-state index is 13.7. The molecule has 15 nitrogen and oxygen atoms in total. The zero-order valence-electron chi connectivity index (χ0n) is 32.2. The van der Waals surface area contributed by atoms with E-state index in [9.17, 15) is 23.8 Å². The largest absolute Gasteiger partial charge is 0.477 e. The zero-order chi connectivity index (χ0) is 41.9. The van der Waals surface area contributed by atoms with Crippen LogP contribution < -0.4 is 10.6 Å². The van der Waals surface area contributed by atoms with E-state index >= 15 is 0 Å². The van der Waals surface area contributed by atoms with Gasteiger partial charge in [-0.15, -0.1) is 0 Å². The second-order valence-electron chi connectivity index (χ2n) is 14.1. The van der Waals surface area contributed by atoms with Crippen molar-refractivity contribution in [3.63, 3.8) is 0 Å². The summed E-state index contributed by atoms with van der Waals surface area (Å²) in [6.45, 7) is 1.05. The fourth-order valence-electron chi connectivity index (χ4n) is 7.21. The van der Waals surface area contributed by atoms with E-state index in [2.05, 4.69) is 68.9 Å². The smallest absolute Gasteiger partial charge is 0.341 e. The Balaban J connectivity index is 0.000000156. The Kier molecular flexibility index (Phi) is 10.5. The minimum absolute atomic E-state index is 0.0362. The number of rotatable bonds is 12. The highest BCUT2D eigenvalue weighted by Crippen LogP contribution is 2.27. The van der Waals surface area contributed by atoms with E-state index in [1.165, 1.54) is 40.0 Å². The molecule has 0 fully saturated rings. The second kappa shape index (κ2) is 16.7. The van der Waals surface area contributed by atoms with E-state index in [-0.39, 0.29) is 17.8 Å². The molecule has 10 rings (SSSR count). The molecule has 0 aliphatic carbocycles. The van der Waals surface area contributed by atoms with Crippen LogP contribution in [0.25, 0.3) is 55.6 Å². The van der Waals surface area contributed by atoms with Gasteiger partial charge in [-0.05, 0) is 48.2 Å². The molecule has 304 valence electrons. The summed E-state index contributed by atoms with van der Waals surface area (Å²) in [7, 11) is 0. The number of pyridine rings is 2. The Hall–Kier alpha value is -8.05. The predicted molar refractivity (Wildman–Crippen MR) is 226 cm³/mol. The van der Waals surface area contributed by atoms with E-state index in [0.29, 0.717) is 58.5 Å². The first-order chi connectivity index (χ1) is 29.8. The normalized spacial score (nSPS) is 11.3. The Morgan fingerprint density at radius 2 is 1.15 bits per heavy atom. The molecule has 8 aromatic heterocycles. The standard InChI is InChI=1S/C22H17FN6O2.C22H19FN6O/c23-15-7-14(9-24-11-15)19-8-20(29-21(28-19)17(12-27-29)22(30)31)25-6-5-13-10-26-18-4-2-1-3-16(13)18;23-17-7-15(9-24-12-17)20-8-21(29-22(28-20)16(13-30)11-27-29)25-6-5-14-10-26-19-4-2-1-3-18(14)19/h1-4,7-12,25-26H,5-6H2,(H,30,31);1-4,7-12,25-26,30H,5-6,13H2. The van der Waals surface area contributed by atoms with Crippen LogP contribution in [0.5, 0.6) is 0 Å². The fraction of sp³-hybridized carbons (Fsp3) is 0.114. The summed E-state index contributed by atoms with van der Waals surface area (Å²) in [4.78, 5) is 34.9. The van der Waals surface area contributed by atoms with Crippen LogP contribution in [0.2, 0.25) is 0 Å². The van der Waals surface area contributed by atoms with Crippen LogP contribution in [-0.2, 0) is 19.4 Å². The number of H-pyrrole nitrogens is 2. The SMILES string of the molecule is O=C(O)c1cnn2c(NCCc3c[nH]c4ccccc34)cc(-c3cncc(F)c3)nc12.OCc1cnn2c(NCCc3c[nH]c4ccccc34)cc(-c3cncc(F)c3)nc12. The Morgan fingerprint density at radius 3 is 1.67 bits per heavy atom. The number of aliphatic hydroxyl groups excluding tert-OH is 1. The lowest BCUT2D eigenvalue weighted by atomic mass is 10.1. The van der Waals surface area contributed by atoms with E-state index < -0.39 is 17.6 Å². The molecule has 10 aromatic rings. The minimum Gasteiger partial charge on any atom is -0.477 e. The number of carboxylic acids is 1. The lowest BCUT2D eigenvalue weighted by molar-refractivity contribution is 0.0698. The summed E-state index contributed by atoms with van der Waals surface area (Å²) in [6, 6.07) is 22.5. The number of aliphatic hydroxyl groups is 1. The van der Waals surface area contributed by atoms with Gasteiger partial charge in [-0.2, -0.15) is 19.2 Å². The topological polar surface area (TPSA) is 199 Å². The van der Waals surface area contributed by atoms with Gasteiger partial charge in [0.1, 0.15) is 28.8 Å². The van der Waals surface area contributed by atoms with Gasteiger partial charge in [0, 0.05) is 88.5 Å². The summed E-state index contributed by atoms with van der Waals surface area (Å²) in [5, 5.41) is 36.7. The Labute approximate surface area is 344 Å². The van der Waals surface area contributed by atoms with Crippen molar-refractivity contribution >= 4 is 50.7 Å². The first-order valence-electron chi connectivity index (χ1n) is 19.2. The van der Waals surface area contributed by atoms with Crippen molar-refractivity contribution in [2.75, 3.05) is 23.7 Å². The molecule has 0 aliphatic heterocycles. The first kappa shape index (κ1) is 38.5. The molecule has 0 spiro atoms. The summed E-state index contributed by atoms with van der Waals surface area (Å²) < 4.78 is 30.4. The second-order valence-corrected chi connectivity index (χ2v) is 14.1. The molecule has 2 aromatic carbocycles. The fourth-order valence-corrected chi connectivity index (χ4v) is 7.21. The molecular formula is C44H36F2N12O3. The van der Waals surface area contributed by atoms with E-state index in [1.807, 2.05) is 48.8 Å². The number of hydrogen-bond donors (Lipinski definition) is 6. The van der Waals surface area contributed by atoms with Crippen molar-refractivity contribution in [1.82, 2.24) is 49.1 Å². The van der Waals surface area contributed by atoms with E-state index in [1.54, 1.807) is 23.0 Å². The highest BCUT2D eigenvalue weighted by molar-refractivity contribution is 5.95. The summed E-state index contributed by atoms with van der Waals surface area (Å²) in [5.74, 6) is -0.809. The van der Waals surface area contributed by atoms with E-state index in [0.717, 1.165) is 47.2 Å². The zero-order valence-corrected chi connectivity index (χ0v) is 32.2. The van der Waals surface area contributed by atoms with Crippen molar-refractivity contribution in [2.45, 2.75) is 19.4 Å². The van der Waals surface area contributed by atoms with Crippen LogP contribution in [0, 0.1) is 11.6 Å². The molecule has 0 radical (unpaired) electrons. The van der Waals surface area contributed by atoms with Gasteiger partial charge in [-0.25, -0.2) is 23.5 Å². The molecule has 61 heavy (non-hydrogen) atoms. The van der Waals surface area contributed by atoms with Crippen LogP contribution in [0.1, 0.15) is 27.0 Å². The quantitative estimate of drug-likeness (QED) is 0.0722. The molecule has 0 saturated carbocycles. The Bertz CT molecular complexity index is 3190. The van der Waals surface area contributed by atoms with Crippen LogP contribution in [0.3, 0.4) is 0 Å². The lowest BCUT2D eigenvalue weighted by Crippen LogP contribution is -2.10. The number of hydrogen-bond acceptors (Lipinski definition) is 10. The number of anilines is 2. The minimum atomic E-state index is -1.14. The van der Waals surface area contributed by atoms with Crippen LogP contribution in [-0.4, -0.2) is 78.4 Å². The van der Waals surface area contributed by atoms with Crippen molar-refractivity contribution in [3.05, 3.63) is 156 Å². The van der Waals surface area contributed by atoms with Gasteiger partial charge >= 0.3 is 5.97 Å². The van der Waals surface area contributed by atoms with Gasteiger partial charge in [0.2, 0.25) is 0 Å². The molecule has 0 aliphatic rings. The van der Waals surface area contributed by atoms with Crippen molar-refractivity contribution in [3.8, 4) is 22.5 Å².